The summed E-state index contributed by atoms with van der Waals surface area (Å²) in [5.41, 5.74) is 1.77. The molecule has 0 saturated carbocycles. The number of benzene rings is 2. The highest BCUT2D eigenvalue weighted by Gasteiger charge is 2.26. The van der Waals surface area contributed by atoms with Gasteiger partial charge in [-0.05, 0) is 18.1 Å². The number of ether oxygens (including phenoxy) is 1. The molecule has 0 aliphatic carbocycles. The standard InChI is InChI=1S/C19H20O3/c1-3-17(20)14(2)19(21)22-18(15-10-6-4-7-11-15)16-12-8-5-9-13-16/h4-14,18H,3H2,1-2H3. The minimum Gasteiger partial charge on any atom is -0.452 e. The molecule has 0 aliphatic rings. The largest absolute Gasteiger partial charge is 0.452 e. The van der Waals surface area contributed by atoms with Crippen molar-refractivity contribution in [3.8, 4) is 0 Å². The van der Waals surface area contributed by atoms with Crippen molar-refractivity contribution < 1.29 is 14.3 Å². The van der Waals surface area contributed by atoms with Gasteiger partial charge in [0.25, 0.3) is 0 Å². The number of esters is 1. The monoisotopic (exact) mass is 296 g/mol. The molecule has 2 aromatic carbocycles. The average Bonchev–Trinajstić information content (AvgIpc) is 2.59. The lowest BCUT2D eigenvalue weighted by molar-refractivity contribution is -0.154. The minimum absolute atomic E-state index is 0.107. The molecule has 2 aromatic rings. The summed E-state index contributed by atoms with van der Waals surface area (Å²) in [5.74, 6) is -1.32. The molecule has 1 unspecified atom stereocenters. The van der Waals surface area contributed by atoms with E-state index in [1.807, 2.05) is 60.7 Å². The third-order valence-corrected chi connectivity index (χ3v) is 3.62. The number of rotatable bonds is 6. The summed E-state index contributed by atoms with van der Waals surface area (Å²) in [5, 5.41) is 0. The predicted octanol–water partition coefficient (Wildman–Crippen LogP) is 3.93. The maximum atomic E-state index is 12.3. The normalized spacial score (nSPS) is 12.0. The zero-order valence-corrected chi connectivity index (χ0v) is 12.9. The van der Waals surface area contributed by atoms with E-state index >= 15 is 0 Å². The van der Waals surface area contributed by atoms with Gasteiger partial charge in [-0.15, -0.1) is 0 Å². The van der Waals surface area contributed by atoms with Gasteiger partial charge in [0.1, 0.15) is 11.7 Å². The van der Waals surface area contributed by atoms with Crippen molar-refractivity contribution >= 4 is 11.8 Å². The van der Waals surface area contributed by atoms with E-state index < -0.39 is 18.0 Å². The first-order valence-electron chi connectivity index (χ1n) is 7.46. The lowest BCUT2D eigenvalue weighted by Gasteiger charge is -2.20. The van der Waals surface area contributed by atoms with Crippen LogP contribution in [0.1, 0.15) is 37.5 Å². The van der Waals surface area contributed by atoms with Gasteiger partial charge in [-0.25, -0.2) is 0 Å². The minimum atomic E-state index is -0.736. The molecule has 0 heterocycles. The average molecular weight is 296 g/mol. The van der Waals surface area contributed by atoms with Crippen LogP contribution >= 0.6 is 0 Å². The maximum Gasteiger partial charge on any atom is 0.317 e. The van der Waals surface area contributed by atoms with E-state index in [1.165, 1.54) is 0 Å². The number of Topliss-reactive ketones (excluding diaryl/α,β-unsaturated/α-hetero) is 1. The lowest BCUT2D eigenvalue weighted by atomic mass is 10.0. The molecule has 0 amide bonds. The Kier molecular flexibility index (Phi) is 5.48. The second-order valence-electron chi connectivity index (χ2n) is 5.18. The number of carbonyl (C=O) groups is 2. The summed E-state index contributed by atoms with van der Waals surface area (Å²) in [4.78, 5) is 24.0. The molecule has 0 saturated heterocycles. The van der Waals surface area contributed by atoms with Gasteiger partial charge < -0.3 is 4.74 Å². The van der Waals surface area contributed by atoms with E-state index in [-0.39, 0.29) is 5.78 Å². The molecule has 0 aliphatic heterocycles. The van der Waals surface area contributed by atoms with Crippen LogP contribution in [0.15, 0.2) is 60.7 Å². The summed E-state index contributed by atoms with van der Waals surface area (Å²) in [6.45, 7) is 3.35. The first-order chi connectivity index (χ1) is 10.6. The van der Waals surface area contributed by atoms with E-state index in [1.54, 1.807) is 13.8 Å². The van der Waals surface area contributed by atoms with Crippen LogP contribution in [0.25, 0.3) is 0 Å². The number of carbonyl (C=O) groups excluding carboxylic acids is 2. The Morgan fingerprint density at radius 2 is 1.36 bits per heavy atom. The predicted molar refractivity (Wildman–Crippen MR) is 85.3 cm³/mol. The number of hydrogen-bond donors (Lipinski definition) is 0. The number of hydrogen-bond acceptors (Lipinski definition) is 3. The van der Waals surface area contributed by atoms with Crippen LogP contribution < -0.4 is 0 Å². The molecule has 0 aromatic heterocycles. The summed E-state index contributed by atoms with van der Waals surface area (Å²) in [6.07, 6.45) is -0.167. The Morgan fingerprint density at radius 1 is 0.909 bits per heavy atom. The molecule has 0 radical (unpaired) electrons. The van der Waals surface area contributed by atoms with Crippen molar-refractivity contribution in [1.29, 1.82) is 0 Å². The van der Waals surface area contributed by atoms with Crippen LogP contribution in [0.5, 0.6) is 0 Å². The number of ketones is 1. The van der Waals surface area contributed by atoms with E-state index in [2.05, 4.69) is 0 Å². The lowest BCUT2D eigenvalue weighted by Crippen LogP contribution is -2.25. The zero-order valence-electron chi connectivity index (χ0n) is 12.9. The highest BCUT2D eigenvalue weighted by Crippen LogP contribution is 2.27. The van der Waals surface area contributed by atoms with Gasteiger partial charge in [0.05, 0.1) is 0 Å². The van der Waals surface area contributed by atoms with Crippen molar-refractivity contribution in [3.63, 3.8) is 0 Å². The zero-order chi connectivity index (χ0) is 15.9. The van der Waals surface area contributed by atoms with E-state index in [9.17, 15) is 9.59 Å². The van der Waals surface area contributed by atoms with Crippen molar-refractivity contribution in [2.75, 3.05) is 0 Å². The Hall–Kier alpha value is -2.42. The summed E-state index contributed by atoms with van der Waals surface area (Å²) < 4.78 is 5.65. The third kappa shape index (κ3) is 3.82. The van der Waals surface area contributed by atoms with E-state index in [0.29, 0.717) is 6.42 Å². The molecule has 22 heavy (non-hydrogen) atoms. The second kappa shape index (κ2) is 7.55. The van der Waals surface area contributed by atoms with Crippen LogP contribution in [0.2, 0.25) is 0 Å². The van der Waals surface area contributed by atoms with Crippen LogP contribution in [-0.4, -0.2) is 11.8 Å². The van der Waals surface area contributed by atoms with Crippen molar-refractivity contribution in [2.45, 2.75) is 26.4 Å². The topological polar surface area (TPSA) is 43.4 Å². The Labute approximate surface area is 130 Å². The van der Waals surface area contributed by atoms with Gasteiger partial charge in [0, 0.05) is 6.42 Å². The molecular formula is C19H20O3. The molecule has 0 bridgehead atoms. The molecule has 3 heteroatoms. The summed E-state index contributed by atoms with van der Waals surface area (Å²) in [6, 6.07) is 19.1. The second-order valence-corrected chi connectivity index (χ2v) is 5.18. The van der Waals surface area contributed by atoms with Crippen LogP contribution in [0, 0.1) is 5.92 Å². The molecule has 0 N–H and O–H groups in total. The highest BCUT2D eigenvalue weighted by molar-refractivity contribution is 5.98. The van der Waals surface area contributed by atoms with Gasteiger partial charge in [-0.1, -0.05) is 67.6 Å². The Bertz CT molecular complexity index is 580. The fourth-order valence-corrected chi connectivity index (χ4v) is 2.24. The molecule has 2 rings (SSSR count). The first kappa shape index (κ1) is 16.0. The molecule has 0 fully saturated rings. The Balaban J connectivity index is 2.27. The molecule has 3 nitrogen and oxygen atoms in total. The van der Waals surface area contributed by atoms with Crippen molar-refractivity contribution in [1.82, 2.24) is 0 Å². The summed E-state index contributed by atoms with van der Waals surface area (Å²) in [7, 11) is 0. The highest BCUT2D eigenvalue weighted by atomic mass is 16.5. The smallest absolute Gasteiger partial charge is 0.317 e. The molecular weight excluding hydrogens is 276 g/mol. The summed E-state index contributed by atoms with van der Waals surface area (Å²) >= 11 is 0. The Morgan fingerprint density at radius 3 is 1.77 bits per heavy atom. The van der Waals surface area contributed by atoms with Gasteiger partial charge in [-0.2, -0.15) is 0 Å². The van der Waals surface area contributed by atoms with Gasteiger partial charge >= 0.3 is 5.97 Å². The fraction of sp³-hybridized carbons (Fsp3) is 0.263. The first-order valence-corrected chi connectivity index (χ1v) is 7.46. The fourth-order valence-electron chi connectivity index (χ4n) is 2.24. The molecule has 1 atom stereocenters. The van der Waals surface area contributed by atoms with E-state index in [0.717, 1.165) is 11.1 Å². The van der Waals surface area contributed by atoms with Crippen molar-refractivity contribution in [2.24, 2.45) is 5.92 Å². The third-order valence-electron chi connectivity index (χ3n) is 3.62. The van der Waals surface area contributed by atoms with E-state index in [4.69, 9.17) is 4.74 Å². The van der Waals surface area contributed by atoms with Crippen molar-refractivity contribution in [3.05, 3.63) is 71.8 Å². The molecule has 114 valence electrons. The van der Waals surface area contributed by atoms with Crippen LogP contribution in [0.4, 0.5) is 0 Å². The maximum absolute atomic E-state index is 12.3. The van der Waals surface area contributed by atoms with Crippen LogP contribution in [0.3, 0.4) is 0 Å². The quantitative estimate of drug-likeness (QED) is 0.599. The SMILES string of the molecule is CCC(=O)C(C)C(=O)OC(c1ccccc1)c1ccccc1. The van der Waals surface area contributed by atoms with Gasteiger partial charge in [-0.3, -0.25) is 9.59 Å². The molecule has 0 spiro atoms. The van der Waals surface area contributed by atoms with Crippen LogP contribution in [-0.2, 0) is 14.3 Å². The van der Waals surface area contributed by atoms with Gasteiger partial charge in [0.15, 0.2) is 6.10 Å². The van der Waals surface area contributed by atoms with Gasteiger partial charge in [0.2, 0.25) is 0 Å².